The number of nitrogens with zero attached hydrogens (tertiary/aromatic N) is 6. The number of carbonyl (C=O) groups excluding carboxylic acids is 2. The molecule has 5 rings (SSSR count). The highest BCUT2D eigenvalue weighted by atomic mass is 32.1. The van der Waals surface area contributed by atoms with Crippen LogP contribution in [0.2, 0.25) is 0 Å². The number of thiophene rings is 1. The van der Waals surface area contributed by atoms with E-state index in [9.17, 15) is 9.59 Å². The van der Waals surface area contributed by atoms with Crippen molar-refractivity contribution in [2.75, 3.05) is 13.1 Å². The van der Waals surface area contributed by atoms with E-state index in [4.69, 9.17) is 0 Å². The number of carbonyl (C=O) groups is 2. The second-order valence-corrected chi connectivity index (χ2v) is 10.0. The molecule has 0 bridgehead atoms. The zero-order chi connectivity index (χ0) is 22.9. The van der Waals surface area contributed by atoms with E-state index >= 15 is 0 Å². The van der Waals surface area contributed by atoms with Gasteiger partial charge in [0, 0.05) is 35.3 Å². The normalized spacial score (nSPS) is 14.7. The van der Waals surface area contributed by atoms with Gasteiger partial charge in [-0.25, -0.2) is 9.50 Å². The predicted molar refractivity (Wildman–Crippen MR) is 126 cm³/mol. The van der Waals surface area contributed by atoms with Crippen LogP contribution in [0.4, 0.5) is 0 Å². The molecule has 5 heterocycles. The summed E-state index contributed by atoms with van der Waals surface area (Å²) in [4.78, 5) is 33.0. The maximum Gasteiger partial charge on any atom is 0.276 e. The van der Waals surface area contributed by atoms with Crippen molar-refractivity contribution in [3.63, 3.8) is 0 Å². The van der Waals surface area contributed by atoms with Crippen LogP contribution in [0, 0.1) is 13.8 Å². The largest absolute Gasteiger partial charge is 0.346 e. The number of amides is 2. The SMILES string of the molecule is Cc1cc2nnc(C(=O)N3CCC(c4nc(C(=O)NCc5cccs5)cs4)CC3)c(C)n2n1. The summed E-state index contributed by atoms with van der Waals surface area (Å²) in [6, 6.07) is 5.80. The molecule has 4 aromatic rings. The summed E-state index contributed by atoms with van der Waals surface area (Å²) in [5, 5.41) is 20.4. The molecule has 1 saturated heterocycles. The average Bonchev–Trinajstić information content (AvgIpc) is 3.58. The highest BCUT2D eigenvalue weighted by Crippen LogP contribution is 2.31. The second kappa shape index (κ2) is 8.99. The Morgan fingerprint density at radius 2 is 2.00 bits per heavy atom. The smallest absolute Gasteiger partial charge is 0.276 e. The molecule has 9 nitrogen and oxygen atoms in total. The van der Waals surface area contributed by atoms with Gasteiger partial charge in [0.1, 0.15) is 5.69 Å². The zero-order valence-electron chi connectivity index (χ0n) is 18.3. The van der Waals surface area contributed by atoms with Gasteiger partial charge in [0.05, 0.1) is 22.9 Å². The van der Waals surface area contributed by atoms with Crippen molar-refractivity contribution in [2.45, 2.75) is 39.2 Å². The van der Waals surface area contributed by atoms with Gasteiger partial charge in [0.15, 0.2) is 11.3 Å². The molecule has 0 aliphatic carbocycles. The minimum atomic E-state index is -0.156. The number of aromatic nitrogens is 5. The van der Waals surface area contributed by atoms with Crippen LogP contribution in [0.5, 0.6) is 0 Å². The molecule has 11 heteroatoms. The first-order valence-electron chi connectivity index (χ1n) is 10.7. The monoisotopic (exact) mass is 481 g/mol. The molecule has 1 fully saturated rings. The molecule has 33 heavy (non-hydrogen) atoms. The fourth-order valence-electron chi connectivity index (χ4n) is 4.01. The molecule has 4 aromatic heterocycles. The predicted octanol–water partition coefficient (Wildman–Crippen LogP) is 3.21. The molecule has 0 atom stereocenters. The van der Waals surface area contributed by atoms with E-state index in [1.54, 1.807) is 15.9 Å². The first-order valence-corrected chi connectivity index (χ1v) is 12.5. The minimum Gasteiger partial charge on any atom is -0.346 e. The molecule has 2 amide bonds. The highest BCUT2D eigenvalue weighted by molar-refractivity contribution is 7.10. The van der Waals surface area contributed by atoms with Crippen LogP contribution < -0.4 is 5.32 Å². The average molecular weight is 482 g/mol. The number of piperidine rings is 1. The van der Waals surface area contributed by atoms with E-state index in [1.165, 1.54) is 11.3 Å². The van der Waals surface area contributed by atoms with Crippen LogP contribution in [0.15, 0.2) is 29.0 Å². The standard InChI is InChI=1S/C22H23N7O2S2/c1-13-10-18-25-26-19(14(2)29(18)27-13)22(31)28-7-5-15(6-8-28)21-24-17(12-33-21)20(30)23-11-16-4-3-9-32-16/h3-4,9-10,12,15H,5-8,11H2,1-2H3,(H,23,30). The van der Waals surface area contributed by atoms with Crippen molar-refractivity contribution in [1.82, 2.24) is 35.0 Å². The molecular formula is C22H23N7O2S2. The third-order valence-electron chi connectivity index (χ3n) is 5.82. The highest BCUT2D eigenvalue weighted by Gasteiger charge is 2.29. The van der Waals surface area contributed by atoms with E-state index in [0.29, 0.717) is 42.4 Å². The van der Waals surface area contributed by atoms with Crippen LogP contribution in [0.1, 0.15) is 61.0 Å². The number of aryl methyl sites for hydroxylation is 2. The Labute approximate surface area is 198 Å². The number of likely N-dealkylation sites (tertiary alicyclic amines) is 1. The van der Waals surface area contributed by atoms with Crippen LogP contribution >= 0.6 is 22.7 Å². The number of rotatable bonds is 5. The Hall–Kier alpha value is -3.18. The first kappa shape index (κ1) is 21.7. The van der Waals surface area contributed by atoms with Crippen LogP contribution in [-0.2, 0) is 6.54 Å². The van der Waals surface area contributed by atoms with Crippen molar-refractivity contribution >= 4 is 40.1 Å². The summed E-state index contributed by atoms with van der Waals surface area (Å²) in [5.74, 6) is -0.0422. The summed E-state index contributed by atoms with van der Waals surface area (Å²) in [7, 11) is 0. The minimum absolute atomic E-state index is 0.124. The van der Waals surface area contributed by atoms with Crippen LogP contribution in [0.3, 0.4) is 0 Å². The Kier molecular flexibility index (Phi) is 5.90. The molecule has 0 unspecified atom stereocenters. The van der Waals surface area contributed by atoms with Gasteiger partial charge in [-0.05, 0) is 38.1 Å². The molecular weight excluding hydrogens is 458 g/mol. The third kappa shape index (κ3) is 4.38. The number of fused-ring (bicyclic) bond motifs is 1. The molecule has 0 saturated carbocycles. The van der Waals surface area contributed by atoms with Gasteiger partial charge in [0.25, 0.3) is 11.8 Å². The summed E-state index contributed by atoms with van der Waals surface area (Å²) in [5.41, 5.74) is 2.96. The van der Waals surface area contributed by atoms with Crippen LogP contribution in [-0.4, -0.2) is 54.6 Å². The lowest BCUT2D eigenvalue weighted by Crippen LogP contribution is -2.39. The van der Waals surface area contributed by atoms with Crippen molar-refractivity contribution in [3.05, 3.63) is 61.6 Å². The van der Waals surface area contributed by atoms with Crippen molar-refractivity contribution in [1.29, 1.82) is 0 Å². The van der Waals surface area contributed by atoms with E-state index in [1.807, 2.05) is 47.7 Å². The zero-order valence-corrected chi connectivity index (χ0v) is 19.9. The molecule has 1 N–H and O–H groups in total. The molecule has 1 aliphatic heterocycles. The topological polar surface area (TPSA) is 105 Å². The number of hydrogen-bond donors (Lipinski definition) is 1. The Morgan fingerprint density at radius 1 is 1.18 bits per heavy atom. The number of nitrogens with one attached hydrogen (secondary N) is 1. The number of thiazole rings is 1. The van der Waals surface area contributed by atoms with Gasteiger partial charge < -0.3 is 10.2 Å². The van der Waals surface area contributed by atoms with Gasteiger partial charge >= 0.3 is 0 Å². The summed E-state index contributed by atoms with van der Waals surface area (Å²) < 4.78 is 1.67. The fraction of sp³-hybridized carbons (Fsp3) is 0.364. The first-order chi connectivity index (χ1) is 16.0. The Bertz CT molecular complexity index is 1300. The lowest BCUT2D eigenvalue weighted by Gasteiger charge is -2.31. The van der Waals surface area contributed by atoms with Gasteiger partial charge in [0.2, 0.25) is 0 Å². The van der Waals surface area contributed by atoms with E-state index < -0.39 is 0 Å². The van der Waals surface area contributed by atoms with E-state index in [0.717, 1.165) is 28.4 Å². The maximum atomic E-state index is 13.1. The van der Waals surface area contributed by atoms with Crippen molar-refractivity contribution in [3.8, 4) is 0 Å². The summed E-state index contributed by atoms with van der Waals surface area (Å²) in [6.45, 7) is 5.46. The Morgan fingerprint density at radius 3 is 2.76 bits per heavy atom. The second-order valence-electron chi connectivity index (χ2n) is 8.09. The fourth-order valence-corrected chi connectivity index (χ4v) is 5.62. The van der Waals surface area contributed by atoms with Gasteiger partial charge in [-0.15, -0.1) is 32.9 Å². The lowest BCUT2D eigenvalue weighted by molar-refractivity contribution is 0.0704. The van der Waals surface area contributed by atoms with Crippen LogP contribution in [0.25, 0.3) is 5.65 Å². The molecule has 0 spiro atoms. The molecule has 1 aliphatic rings. The lowest BCUT2D eigenvalue weighted by atomic mass is 9.97. The molecule has 170 valence electrons. The van der Waals surface area contributed by atoms with Gasteiger partial charge in [-0.2, -0.15) is 5.10 Å². The molecule has 0 radical (unpaired) electrons. The van der Waals surface area contributed by atoms with E-state index in [2.05, 4.69) is 25.6 Å². The van der Waals surface area contributed by atoms with Gasteiger partial charge in [-0.1, -0.05) is 6.07 Å². The summed E-state index contributed by atoms with van der Waals surface area (Å²) in [6.07, 6.45) is 1.59. The van der Waals surface area contributed by atoms with Crippen molar-refractivity contribution < 1.29 is 9.59 Å². The Balaban J connectivity index is 1.20. The van der Waals surface area contributed by atoms with Crippen molar-refractivity contribution in [2.24, 2.45) is 0 Å². The number of hydrogen-bond acceptors (Lipinski definition) is 8. The maximum absolute atomic E-state index is 13.1. The van der Waals surface area contributed by atoms with E-state index in [-0.39, 0.29) is 17.7 Å². The summed E-state index contributed by atoms with van der Waals surface area (Å²) >= 11 is 3.13. The van der Waals surface area contributed by atoms with Gasteiger partial charge in [-0.3, -0.25) is 9.59 Å². The third-order valence-corrected chi connectivity index (χ3v) is 7.70. The molecule has 0 aromatic carbocycles. The quantitative estimate of drug-likeness (QED) is 0.469.